The van der Waals surface area contributed by atoms with Gasteiger partial charge in [0.1, 0.15) is 0 Å². The van der Waals surface area contributed by atoms with Crippen LogP contribution in [-0.2, 0) is 9.59 Å². The van der Waals surface area contributed by atoms with Crippen molar-refractivity contribution in [3.63, 3.8) is 0 Å². The SMILES string of the molecule is O=C1C=C(C2CCCCCN2c2ccccc2)C(=O)N1C1CCCCC1. The summed E-state index contributed by atoms with van der Waals surface area (Å²) in [5, 5.41) is 0. The van der Waals surface area contributed by atoms with Gasteiger partial charge < -0.3 is 4.90 Å². The molecule has 2 heterocycles. The van der Waals surface area contributed by atoms with Crippen LogP contribution < -0.4 is 4.90 Å². The van der Waals surface area contributed by atoms with E-state index in [0.29, 0.717) is 5.57 Å². The number of rotatable bonds is 3. The second-order valence-corrected chi connectivity index (χ2v) is 7.80. The third-order valence-corrected chi connectivity index (χ3v) is 6.12. The Bertz CT molecular complexity index is 691. The first-order chi connectivity index (χ1) is 12.8. The molecule has 4 nitrogen and oxygen atoms in total. The number of amides is 2. The summed E-state index contributed by atoms with van der Waals surface area (Å²) in [5.41, 5.74) is 1.86. The van der Waals surface area contributed by atoms with E-state index in [1.165, 1.54) is 12.8 Å². The van der Waals surface area contributed by atoms with Crippen LogP contribution in [0.3, 0.4) is 0 Å². The van der Waals surface area contributed by atoms with Gasteiger partial charge in [-0.2, -0.15) is 0 Å². The summed E-state index contributed by atoms with van der Waals surface area (Å²) in [5.74, 6) is -0.121. The third kappa shape index (κ3) is 3.29. The molecule has 1 aromatic carbocycles. The first kappa shape index (κ1) is 17.3. The van der Waals surface area contributed by atoms with Crippen molar-refractivity contribution in [3.8, 4) is 0 Å². The number of hydrogen-bond acceptors (Lipinski definition) is 3. The maximum atomic E-state index is 13.2. The van der Waals surface area contributed by atoms with Gasteiger partial charge in [0, 0.05) is 29.9 Å². The average Bonchev–Trinajstić information content (AvgIpc) is 2.85. The zero-order valence-corrected chi connectivity index (χ0v) is 15.4. The number of imide groups is 1. The van der Waals surface area contributed by atoms with Crippen LogP contribution in [0.1, 0.15) is 57.8 Å². The predicted molar refractivity (Wildman–Crippen MR) is 103 cm³/mol. The van der Waals surface area contributed by atoms with Crippen molar-refractivity contribution in [2.24, 2.45) is 0 Å². The number of carbonyl (C=O) groups excluding carboxylic acids is 2. The zero-order chi connectivity index (χ0) is 17.9. The molecule has 1 saturated heterocycles. The Hall–Kier alpha value is -2.10. The van der Waals surface area contributed by atoms with Crippen molar-refractivity contribution in [3.05, 3.63) is 42.0 Å². The maximum absolute atomic E-state index is 13.2. The second-order valence-electron chi connectivity index (χ2n) is 7.80. The van der Waals surface area contributed by atoms with Gasteiger partial charge in [-0.25, -0.2) is 0 Å². The Kier molecular flexibility index (Phi) is 5.09. The Morgan fingerprint density at radius 1 is 0.808 bits per heavy atom. The maximum Gasteiger partial charge on any atom is 0.259 e. The van der Waals surface area contributed by atoms with E-state index >= 15 is 0 Å². The molecule has 1 atom stereocenters. The second kappa shape index (κ2) is 7.65. The van der Waals surface area contributed by atoms with Gasteiger partial charge in [-0.3, -0.25) is 14.5 Å². The van der Waals surface area contributed by atoms with Gasteiger partial charge in [-0.15, -0.1) is 0 Å². The van der Waals surface area contributed by atoms with E-state index < -0.39 is 0 Å². The highest BCUT2D eigenvalue weighted by Gasteiger charge is 2.41. The van der Waals surface area contributed by atoms with E-state index in [1.807, 2.05) is 18.2 Å². The molecule has 0 spiro atoms. The molecule has 1 aromatic rings. The Morgan fingerprint density at radius 3 is 2.27 bits per heavy atom. The lowest BCUT2D eigenvalue weighted by molar-refractivity contribution is -0.140. The molecule has 0 aromatic heterocycles. The fraction of sp³-hybridized carbons (Fsp3) is 0.545. The molecule has 2 aliphatic heterocycles. The molecule has 3 aliphatic rings. The van der Waals surface area contributed by atoms with Crippen LogP contribution in [0.5, 0.6) is 0 Å². The molecule has 0 bridgehead atoms. The summed E-state index contributed by atoms with van der Waals surface area (Å²) in [7, 11) is 0. The molecule has 1 unspecified atom stereocenters. The molecule has 2 fully saturated rings. The first-order valence-corrected chi connectivity index (χ1v) is 10.2. The van der Waals surface area contributed by atoms with Crippen LogP contribution in [0, 0.1) is 0 Å². The van der Waals surface area contributed by atoms with Gasteiger partial charge in [0.05, 0.1) is 6.04 Å². The van der Waals surface area contributed by atoms with Gasteiger partial charge in [-0.1, -0.05) is 50.3 Å². The summed E-state index contributed by atoms with van der Waals surface area (Å²) in [4.78, 5) is 29.8. The highest BCUT2D eigenvalue weighted by molar-refractivity contribution is 6.17. The van der Waals surface area contributed by atoms with E-state index in [9.17, 15) is 9.59 Å². The van der Waals surface area contributed by atoms with Crippen LogP contribution in [-0.4, -0.2) is 35.3 Å². The highest BCUT2D eigenvalue weighted by Crippen LogP contribution is 2.33. The van der Waals surface area contributed by atoms with E-state index in [4.69, 9.17) is 0 Å². The van der Waals surface area contributed by atoms with Crippen LogP contribution >= 0.6 is 0 Å². The van der Waals surface area contributed by atoms with Crippen molar-refractivity contribution in [1.82, 2.24) is 4.90 Å². The molecule has 1 saturated carbocycles. The van der Waals surface area contributed by atoms with E-state index in [1.54, 1.807) is 11.0 Å². The monoisotopic (exact) mass is 352 g/mol. The number of hydrogen-bond donors (Lipinski definition) is 0. The molecular formula is C22H28N2O2. The van der Waals surface area contributed by atoms with Crippen LogP contribution in [0.15, 0.2) is 42.0 Å². The van der Waals surface area contributed by atoms with Gasteiger partial charge in [0.25, 0.3) is 11.8 Å². The minimum atomic E-state index is -0.0887. The fourth-order valence-corrected chi connectivity index (χ4v) is 4.79. The zero-order valence-electron chi connectivity index (χ0n) is 15.4. The molecule has 4 heteroatoms. The molecular weight excluding hydrogens is 324 g/mol. The van der Waals surface area contributed by atoms with Crippen molar-refractivity contribution >= 4 is 17.5 Å². The Morgan fingerprint density at radius 2 is 1.50 bits per heavy atom. The van der Waals surface area contributed by atoms with E-state index in [2.05, 4.69) is 17.0 Å². The molecule has 4 rings (SSSR count). The first-order valence-electron chi connectivity index (χ1n) is 10.2. The normalized spacial score (nSPS) is 25.4. The van der Waals surface area contributed by atoms with Crippen LogP contribution in [0.4, 0.5) is 5.69 Å². The van der Waals surface area contributed by atoms with Crippen LogP contribution in [0.25, 0.3) is 0 Å². The number of benzene rings is 1. The van der Waals surface area contributed by atoms with Crippen LogP contribution in [0.2, 0.25) is 0 Å². The summed E-state index contributed by atoms with van der Waals surface area (Å²) < 4.78 is 0. The van der Waals surface area contributed by atoms with Crippen molar-refractivity contribution in [2.75, 3.05) is 11.4 Å². The minimum absolute atomic E-state index is 0.0185. The van der Waals surface area contributed by atoms with Gasteiger partial charge in [0.15, 0.2) is 0 Å². The van der Waals surface area contributed by atoms with Crippen molar-refractivity contribution in [2.45, 2.75) is 69.9 Å². The molecule has 0 N–H and O–H groups in total. The number of nitrogens with zero attached hydrogens (tertiary/aromatic N) is 2. The smallest absolute Gasteiger partial charge is 0.259 e. The van der Waals surface area contributed by atoms with E-state index in [-0.39, 0.29) is 23.9 Å². The van der Waals surface area contributed by atoms with Crippen molar-refractivity contribution < 1.29 is 9.59 Å². The molecule has 138 valence electrons. The summed E-state index contributed by atoms with van der Waals surface area (Å²) in [6.07, 6.45) is 11.4. The lowest BCUT2D eigenvalue weighted by Gasteiger charge is -2.34. The number of para-hydroxylation sites is 1. The number of anilines is 1. The Balaban J connectivity index is 1.60. The fourth-order valence-electron chi connectivity index (χ4n) is 4.79. The predicted octanol–water partition coefficient (Wildman–Crippen LogP) is 4.06. The van der Waals surface area contributed by atoms with E-state index in [0.717, 1.165) is 57.2 Å². The standard InChI is InChI=1S/C22H28N2O2/c25-21-16-19(22(26)24(21)18-12-6-2-7-13-18)20-14-8-3-9-15-23(20)17-10-4-1-5-11-17/h1,4-5,10-11,16,18,20H,2-3,6-9,12-15H2. The summed E-state index contributed by atoms with van der Waals surface area (Å²) >= 11 is 0. The Labute approximate surface area is 155 Å². The van der Waals surface area contributed by atoms with Gasteiger partial charge in [0.2, 0.25) is 0 Å². The lowest BCUT2D eigenvalue weighted by atomic mass is 9.94. The van der Waals surface area contributed by atoms with Crippen molar-refractivity contribution in [1.29, 1.82) is 0 Å². The average molecular weight is 352 g/mol. The third-order valence-electron chi connectivity index (χ3n) is 6.12. The number of carbonyl (C=O) groups is 2. The molecule has 0 radical (unpaired) electrons. The summed E-state index contributed by atoms with van der Waals surface area (Å²) in [6, 6.07) is 10.4. The highest BCUT2D eigenvalue weighted by atomic mass is 16.2. The van der Waals surface area contributed by atoms with Gasteiger partial charge >= 0.3 is 0 Å². The molecule has 26 heavy (non-hydrogen) atoms. The lowest BCUT2D eigenvalue weighted by Crippen LogP contribution is -2.45. The van der Waals surface area contributed by atoms with Gasteiger partial charge in [-0.05, 0) is 37.8 Å². The largest absolute Gasteiger partial charge is 0.364 e. The quantitative estimate of drug-likeness (QED) is 0.770. The molecule has 1 aliphatic carbocycles. The molecule has 2 amide bonds. The topological polar surface area (TPSA) is 40.6 Å². The minimum Gasteiger partial charge on any atom is -0.364 e. The summed E-state index contributed by atoms with van der Waals surface area (Å²) in [6.45, 7) is 0.941.